The highest BCUT2D eigenvalue weighted by Gasteiger charge is 2.25. The zero-order valence-corrected chi connectivity index (χ0v) is 7.32. The summed E-state index contributed by atoms with van der Waals surface area (Å²) >= 11 is 1.55. The van der Waals surface area contributed by atoms with Crippen molar-refractivity contribution in [2.24, 2.45) is 0 Å². The minimum absolute atomic E-state index is 0.619. The molecule has 3 nitrogen and oxygen atoms in total. The normalized spacial score (nSPS) is 22.1. The largest absolute Gasteiger partial charge is 0.319 e. The first kappa shape index (κ1) is 7.18. The van der Waals surface area contributed by atoms with Crippen LogP contribution in [0.4, 0.5) is 0 Å². The molecule has 11 heavy (non-hydrogen) atoms. The summed E-state index contributed by atoms with van der Waals surface area (Å²) in [5, 5.41) is 7.30. The van der Waals surface area contributed by atoms with Crippen LogP contribution in [0.2, 0.25) is 0 Å². The van der Waals surface area contributed by atoms with Gasteiger partial charge in [0.2, 0.25) is 0 Å². The van der Waals surface area contributed by atoms with Gasteiger partial charge in [-0.2, -0.15) is 0 Å². The fraction of sp³-hybridized carbons (Fsp3) is 0.714. The van der Waals surface area contributed by atoms with Crippen LogP contribution in [-0.4, -0.2) is 23.2 Å². The lowest BCUT2D eigenvalue weighted by Crippen LogP contribution is -2.15. The maximum atomic E-state index is 4.13. The first-order chi connectivity index (χ1) is 5.42. The lowest BCUT2D eigenvalue weighted by molar-refractivity contribution is 0.608. The van der Waals surface area contributed by atoms with Crippen molar-refractivity contribution in [1.29, 1.82) is 0 Å². The van der Waals surface area contributed by atoms with Crippen molar-refractivity contribution in [3.63, 3.8) is 0 Å². The Morgan fingerprint density at radius 2 is 2.64 bits per heavy atom. The second-order valence-corrected chi connectivity index (χ2v) is 3.71. The fourth-order valence-corrected chi connectivity index (χ4v) is 2.32. The van der Waals surface area contributed by atoms with Crippen LogP contribution in [0.5, 0.6) is 0 Å². The summed E-state index contributed by atoms with van der Waals surface area (Å²) in [5.74, 6) is 0.619. The summed E-state index contributed by atoms with van der Waals surface area (Å²) in [4.78, 5) is 1.39. The van der Waals surface area contributed by atoms with Gasteiger partial charge < -0.3 is 5.32 Å². The number of hydrogen-bond donors (Lipinski definition) is 1. The predicted octanol–water partition coefficient (Wildman–Crippen LogP) is 0.787. The van der Waals surface area contributed by atoms with E-state index >= 15 is 0 Å². The molecule has 1 aromatic rings. The lowest BCUT2D eigenvalue weighted by atomic mass is 10.1. The van der Waals surface area contributed by atoms with Gasteiger partial charge >= 0.3 is 0 Å². The first-order valence-electron chi connectivity index (χ1n) is 3.87. The lowest BCUT2D eigenvalue weighted by Gasteiger charge is -2.05. The molecule has 0 amide bonds. The minimum Gasteiger partial charge on any atom is -0.319 e. The second-order valence-electron chi connectivity index (χ2n) is 2.87. The van der Waals surface area contributed by atoms with Crippen LogP contribution in [0.1, 0.15) is 22.9 Å². The maximum Gasteiger partial charge on any atom is 0.0831 e. The van der Waals surface area contributed by atoms with E-state index in [9.17, 15) is 0 Å². The van der Waals surface area contributed by atoms with E-state index in [0.717, 1.165) is 6.54 Å². The number of nitrogens with zero attached hydrogens (tertiary/aromatic N) is 2. The van der Waals surface area contributed by atoms with Crippen LogP contribution >= 0.6 is 11.5 Å². The van der Waals surface area contributed by atoms with Crippen LogP contribution in [0.3, 0.4) is 0 Å². The van der Waals surface area contributed by atoms with Crippen molar-refractivity contribution >= 4 is 11.5 Å². The van der Waals surface area contributed by atoms with Gasteiger partial charge in [0.05, 0.1) is 5.69 Å². The molecule has 1 heterocycles. The van der Waals surface area contributed by atoms with Gasteiger partial charge in [-0.25, -0.2) is 0 Å². The van der Waals surface area contributed by atoms with Gasteiger partial charge in [0.25, 0.3) is 0 Å². The Labute approximate surface area is 70.0 Å². The van der Waals surface area contributed by atoms with E-state index in [2.05, 4.69) is 14.9 Å². The van der Waals surface area contributed by atoms with Crippen LogP contribution < -0.4 is 5.32 Å². The summed E-state index contributed by atoms with van der Waals surface area (Å²) in [6.45, 7) is 1.04. The number of nitrogens with one attached hydrogen (secondary N) is 1. The average molecular weight is 169 g/mol. The van der Waals surface area contributed by atoms with Crippen molar-refractivity contribution in [3.05, 3.63) is 10.6 Å². The minimum atomic E-state index is 0.619. The topological polar surface area (TPSA) is 37.8 Å². The Morgan fingerprint density at radius 1 is 1.73 bits per heavy atom. The quantitative estimate of drug-likeness (QED) is 0.711. The average Bonchev–Trinajstić information content (AvgIpc) is 2.53. The standard InChI is InChI=1S/C7H11N3S/c1-8-4-5-2-3-6-7(5)9-10-11-6/h5,8H,2-4H2,1H3. The highest BCUT2D eigenvalue weighted by atomic mass is 32.1. The van der Waals surface area contributed by atoms with E-state index in [0.29, 0.717) is 5.92 Å². The summed E-state index contributed by atoms with van der Waals surface area (Å²) in [5.41, 5.74) is 1.24. The second kappa shape index (κ2) is 2.87. The van der Waals surface area contributed by atoms with Gasteiger partial charge in [0, 0.05) is 17.3 Å². The number of fused-ring (bicyclic) bond motifs is 1. The molecule has 0 fully saturated rings. The smallest absolute Gasteiger partial charge is 0.0831 e. The van der Waals surface area contributed by atoms with E-state index in [1.54, 1.807) is 11.5 Å². The number of aryl methyl sites for hydroxylation is 1. The molecular weight excluding hydrogens is 158 g/mol. The SMILES string of the molecule is CNCC1CCc2snnc21. The van der Waals surface area contributed by atoms with Gasteiger partial charge in [0.15, 0.2) is 0 Å². The number of aromatic nitrogens is 2. The third kappa shape index (κ3) is 1.16. The molecule has 1 atom stereocenters. The summed E-state index contributed by atoms with van der Waals surface area (Å²) in [6.07, 6.45) is 2.43. The van der Waals surface area contributed by atoms with Crippen molar-refractivity contribution < 1.29 is 0 Å². The monoisotopic (exact) mass is 169 g/mol. The van der Waals surface area contributed by atoms with Crippen LogP contribution in [-0.2, 0) is 6.42 Å². The van der Waals surface area contributed by atoms with E-state index in [4.69, 9.17) is 0 Å². The molecule has 1 aliphatic rings. The molecule has 0 saturated heterocycles. The summed E-state index contributed by atoms with van der Waals surface area (Å²) < 4.78 is 3.94. The third-order valence-electron chi connectivity index (χ3n) is 2.14. The van der Waals surface area contributed by atoms with Crippen LogP contribution in [0.15, 0.2) is 0 Å². The van der Waals surface area contributed by atoms with Crippen molar-refractivity contribution in [1.82, 2.24) is 14.9 Å². The molecule has 0 bridgehead atoms. The zero-order valence-electron chi connectivity index (χ0n) is 6.50. The third-order valence-corrected chi connectivity index (χ3v) is 2.94. The van der Waals surface area contributed by atoms with Gasteiger partial charge in [0.1, 0.15) is 0 Å². The summed E-state index contributed by atoms with van der Waals surface area (Å²) in [6, 6.07) is 0. The molecule has 2 rings (SSSR count). The Hall–Kier alpha value is -0.480. The zero-order chi connectivity index (χ0) is 7.68. The molecular formula is C7H11N3S. The number of hydrogen-bond acceptors (Lipinski definition) is 4. The van der Waals surface area contributed by atoms with Crippen molar-refractivity contribution in [2.75, 3.05) is 13.6 Å². The number of likely N-dealkylation sites (N-methyl/N-ethyl adjacent to an activating group) is 1. The molecule has 0 saturated carbocycles. The molecule has 60 valence electrons. The predicted molar refractivity (Wildman–Crippen MR) is 44.9 cm³/mol. The highest BCUT2D eigenvalue weighted by molar-refractivity contribution is 7.05. The molecule has 4 heteroatoms. The summed E-state index contributed by atoms with van der Waals surface area (Å²) in [7, 11) is 1.98. The Balaban J connectivity index is 2.18. The van der Waals surface area contributed by atoms with Crippen molar-refractivity contribution in [3.8, 4) is 0 Å². The molecule has 0 aromatic carbocycles. The number of rotatable bonds is 2. The van der Waals surface area contributed by atoms with E-state index in [-0.39, 0.29) is 0 Å². The van der Waals surface area contributed by atoms with Crippen LogP contribution in [0.25, 0.3) is 0 Å². The van der Waals surface area contributed by atoms with E-state index in [1.807, 2.05) is 7.05 Å². The van der Waals surface area contributed by atoms with Gasteiger partial charge in [-0.1, -0.05) is 4.49 Å². The van der Waals surface area contributed by atoms with Gasteiger partial charge in [-0.3, -0.25) is 0 Å². The molecule has 0 radical (unpaired) electrons. The molecule has 0 aliphatic heterocycles. The van der Waals surface area contributed by atoms with Gasteiger partial charge in [-0.05, 0) is 31.4 Å². The molecule has 0 spiro atoms. The van der Waals surface area contributed by atoms with E-state index < -0.39 is 0 Å². The molecule has 1 aromatic heterocycles. The molecule has 1 aliphatic carbocycles. The highest BCUT2D eigenvalue weighted by Crippen LogP contribution is 2.32. The maximum absolute atomic E-state index is 4.13. The Bertz CT molecular complexity index is 246. The van der Waals surface area contributed by atoms with Crippen LogP contribution in [0, 0.1) is 0 Å². The molecule has 1 N–H and O–H groups in total. The Morgan fingerprint density at radius 3 is 3.45 bits per heavy atom. The fourth-order valence-electron chi connectivity index (χ4n) is 1.59. The van der Waals surface area contributed by atoms with Gasteiger partial charge in [-0.15, -0.1) is 5.10 Å². The molecule has 1 unspecified atom stereocenters. The van der Waals surface area contributed by atoms with E-state index in [1.165, 1.54) is 23.4 Å². The van der Waals surface area contributed by atoms with Crippen molar-refractivity contribution in [2.45, 2.75) is 18.8 Å². The first-order valence-corrected chi connectivity index (χ1v) is 4.65. The Kier molecular flexibility index (Phi) is 1.87.